The number of nitrogens with one attached hydrogen (secondary N) is 1. The molecule has 2 unspecified atom stereocenters. The second-order valence-corrected chi connectivity index (χ2v) is 6.01. The van der Waals surface area contributed by atoms with Gasteiger partial charge in [-0.3, -0.25) is 14.9 Å². The Labute approximate surface area is 127 Å². The average Bonchev–Trinajstić information content (AvgIpc) is 2.78. The Morgan fingerprint density at radius 2 is 2.10 bits per heavy atom. The number of hydrogen-bond acceptors (Lipinski definition) is 4. The summed E-state index contributed by atoms with van der Waals surface area (Å²) in [5.41, 5.74) is 0.0980. The minimum Gasteiger partial charge on any atom is -0.337 e. The summed E-state index contributed by atoms with van der Waals surface area (Å²) in [6.45, 7) is 1.29. The highest BCUT2D eigenvalue weighted by atomic mass is 35.5. The van der Waals surface area contributed by atoms with E-state index in [-0.39, 0.29) is 22.2 Å². The van der Waals surface area contributed by atoms with E-state index in [1.807, 2.05) is 0 Å². The lowest BCUT2D eigenvalue weighted by atomic mass is 10.1. The molecule has 1 amide bonds. The van der Waals surface area contributed by atoms with Crippen molar-refractivity contribution in [2.45, 2.75) is 31.3 Å². The van der Waals surface area contributed by atoms with Gasteiger partial charge in [-0.05, 0) is 25.3 Å². The van der Waals surface area contributed by atoms with E-state index < -0.39 is 4.92 Å². The Bertz CT molecular complexity index is 593. The molecule has 7 heteroatoms. The van der Waals surface area contributed by atoms with Crippen LogP contribution in [0.15, 0.2) is 18.2 Å². The molecule has 1 N–H and O–H groups in total. The molecule has 0 aromatic heterocycles. The van der Waals surface area contributed by atoms with E-state index in [1.54, 1.807) is 4.90 Å². The van der Waals surface area contributed by atoms with Gasteiger partial charge in [-0.25, -0.2) is 0 Å². The number of nitro groups is 1. The molecule has 1 aromatic rings. The maximum atomic E-state index is 12.6. The maximum absolute atomic E-state index is 12.6. The summed E-state index contributed by atoms with van der Waals surface area (Å²) in [6.07, 6.45) is 3.14. The van der Waals surface area contributed by atoms with Crippen LogP contribution in [0.2, 0.25) is 5.02 Å². The van der Waals surface area contributed by atoms with Crippen molar-refractivity contribution in [2.24, 2.45) is 0 Å². The Balaban J connectivity index is 1.84. The molecule has 2 atom stereocenters. The van der Waals surface area contributed by atoms with Gasteiger partial charge in [-0.15, -0.1) is 0 Å². The van der Waals surface area contributed by atoms with Crippen LogP contribution >= 0.6 is 11.6 Å². The SMILES string of the molecule is O=C(c1cc([N+](=O)[O-])ccc1Cl)N1CCC2CCC(C1)N2. The molecule has 2 aliphatic rings. The van der Waals surface area contributed by atoms with E-state index >= 15 is 0 Å². The van der Waals surface area contributed by atoms with E-state index in [4.69, 9.17) is 11.6 Å². The first-order chi connectivity index (χ1) is 10.0. The number of non-ortho nitro benzene ring substituents is 1. The van der Waals surface area contributed by atoms with Gasteiger partial charge in [0.25, 0.3) is 11.6 Å². The van der Waals surface area contributed by atoms with Crippen LogP contribution in [0.1, 0.15) is 29.6 Å². The Morgan fingerprint density at radius 3 is 2.86 bits per heavy atom. The van der Waals surface area contributed by atoms with Crippen molar-refractivity contribution in [2.75, 3.05) is 13.1 Å². The van der Waals surface area contributed by atoms with E-state index in [2.05, 4.69) is 5.32 Å². The van der Waals surface area contributed by atoms with Gasteiger partial charge in [-0.1, -0.05) is 11.6 Å². The molecular formula is C14H16ClN3O3. The van der Waals surface area contributed by atoms with Crippen LogP contribution in [0.25, 0.3) is 0 Å². The Hall–Kier alpha value is -1.66. The molecule has 21 heavy (non-hydrogen) atoms. The third-order valence-corrected chi connectivity index (χ3v) is 4.53. The minimum absolute atomic E-state index is 0.114. The van der Waals surface area contributed by atoms with Gasteiger partial charge in [0.15, 0.2) is 0 Å². The number of fused-ring (bicyclic) bond motifs is 2. The Kier molecular flexibility index (Phi) is 3.82. The highest BCUT2D eigenvalue weighted by molar-refractivity contribution is 6.33. The first-order valence-corrected chi connectivity index (χ1v) is 7.41. The van der Waals surface area contributed by atoms with Crippen LogP contribution in [0.3, 0.4) is 0 Å². The fourth-order valence-corrected chi connectivity index (χ4v) is 3.29. The molecule has 2 heterocycles. The molecule has 2 saturated heterocycles. The molecule has 0 radical (unpaired) electrons. The van der Waals surface area contributed by atoms with Crippen LogP contribution in [-0.4, -0.2) is 40.9 Å². The molecule has 2 aliphatic heterocycles. The summed E-state index contributed by atoms with van der Waals surface area (Å²) < 4.78 is 0. The molecular weight excluding hydrogens is 294 g/mol. The number of halogens is 1. The minimum atomic E-state index is -0.515. The number of likely N-dealkylation sites (tertiary alicyclic amines) is 1. The molecule has 0 saturated carbocycles. The summed E-state index contributed by atoms with van der Waals surface area (Å²) in [6, 6.07) is 4.79. The zero-order valence-corrected chi connectivity index (χ0v) is 12.2. The lowest BCUT2D eigenvalue weighted by Crippen LogP contribution is -2.39. The van der Waals surface area contributed by atoms with Crippen molar-refractivity contribution in [1.82, 2.24) is 10.2 Å². The third-order valence-electron chi connectivity index (χ3n) is 4.20. The number of benzene rings is 1. The highest BCUT2D eigenvalue weighted by Crippen LogP contribution is 2.26. The molecule has 0 spiro atoms. The summed E-state index contributed by atoms with van der Waals surface area (Å²) >= 11 is 6.05. The molecule has 2 fully saturated rings. The van der Waals surface area contributed by atoms with Crippen molar-refractivity contribution < 1.29 is 9.72 Å². The Morgan fingerprint density at radius 1 is 1.33 bits per heavy atom. The molecule has 3 rings (SSSR count). The number of amides is 1. The van der Waals surface area contributed by atoms with Crippen molar-refractivity contribution in [3.05, 3.63) is 38.9 Å². The van der Waals surface area contributed by atoms with Crippen LogP contribution < -0.4 is 5.32 Å². The van der Waals surface area contributed by atoms with Gasteiger partial charge in [0.2, 0.25) is 0 Å². The summed E-state index contributed by atoms with van der Waals surface area (Å²) in [7, 11) is 0. The fraction of sp³-hybridized carbons (Fsp3) is 0.500. The van der Waals surface area contributed by atoms with Crippen LogP contribution in [0.5, 0.6) is 0 Å². The van der Waals surface area contributed by atoms with Crippen molar-refractivity contribution in [3.63, 3.8) is 0 Å². The number of carbonyl (C=O) groups is 1. The first-order valence-electron chi connectivity index (χ1n) is 7.04. The second-order valence-electron chi connectivity index (χ2n) is 5.60. The van der Waals surface area contributed by atoms with Crippen LogP contribution in [0, 0.1) is 10.1 Å². The maximum Gasteiger partial charge on any atom is 0.270 e. The summed E-state index contributed by atoms with van der Waals surface area (Å²) in [5, 5.41) is 14.6. The predicted molar refractivity (Wildman–Crippen MR) is 78.6 cm³/mol. The highest BCUT2D eigenvalue weighted by Gasteiger charge is 2.32. The molecule has 1 aromatic carbocycles. The van der Waals surface area contributed by atoms with Gasteiger partial charge < -0.3 is 10.2 Å². The number of rotatable bonds is 2. The lowest BCUT2D eigenvalue weighted by Gasteiger charge is -2.24. The number of nitro benzene ring substituents is 1. The van der Waals surface area contributed by atoms with E-state index in [0.717, 1.165) is 19.3 Å². The number of hydrogen-bond donors (Lipinski definition) is 1. The quantitative estimate of drug-likeness (QED) is 0.671. The first kappa shape index (κ1) is 14.3. The lowest BCUT2D eigenvalue weighted by molar-refractivity contribution is -0.384. The van der Waals surface area contributed by atoms with E-state index in [1.165, 1.54) is 18.2 Å². The predicted octanol–water partition coefficient (Wildman–Crippen LogP) is 2.21. The van der Waals surface area contributed by atoms with Gasteiger partial charge in [-0.2, -0.15) is 0 Å². The number of nitrogens with zero attached hydrogens (tertiary/aromatic N) is 2. The van der Waals surface area contributed by atoms with Crippen LogP contribution in [-0.2, 0) is 0 Å². The largest absolute Gasteiger partial charge is 0.337 e. The molecule has 0 aliphatic carbocycles. The molecule has 6 nitrogen and oxygen atoms in total. The zero-order valence-electron chi connectivity index (χ0n) is 11.4. The van der Waals surface area contributed by atoms with Gasteiger partial charge >= 0.3 is 0 Å². The van der Waals surface area contributed by atoms with Gasteiger partial charge in [0, 0.05) is 37.3 Å². The summed E-state index contributed by atoms with van der Waals surface area (Å²) in [4.78, 5) is 24.7. The number of carbonyl (C=O) groups excluding carboxylic acids is 1. The zero-order chi connectivity index (χ0) is 15.0. The van der Waals surface area contributed by atoms with Crippen molar-refractivity contribution in [3.8, 4) is 0 Å². The van der Waals surface area contributed by atoms with Crippen molar-refractivity contribution in [1.29, 1.82) is 0 Å². The smallest absolute Gasteiger partial charge is 0.270 e. The molecule has 2 bridgehead atoms. The standard InChI is InChI=1S/C14H16ClN3O3/c15-13-4-3-11(18(20)21)7-12(13)14(19)17-6-5-9-1-2-10(8-17)16-9/h3-4,7,9-10,16H,1-2,5-6,8H2. The van der Waals surface area contributed by atoms with Gasteiger partial charge in [0.05, 0.1) is 15.5 Å². The average molecular weight is 310 g/mol. The van der Waals surface area contributed by atoms with E-state index in [0.29, 0.717) is 25.2 Å². The van der Waals surface area contributed by atoms with Crippen molar-refractivity contribution >= 4 is 23.2 Å². The third kappa shape index (κ3) is 2.87. The van der Waals surface area contributed by atoms with Gasteiger partial charge in [0.1, 0.15) is 0 Å². The second kappa shape index (κ2) is 5.61. The fourth-order valence-electron chi connectivity index (χ4n) is 3.09. The topological polar surface area (TPSA) is 75.5 Å². The summed E-state index contributed by atoms with van der Waals surface area (Å²) in [5.74, 6) is -0.224. The van der Waals surface area contributed by atoms with Crippen LogP contribution in [0.4, 0.5) is 5.69 Å². The van der Waals surface area contributed by atoms with E-state index in [9.17, 15) is 14.9 Å². The molecule has 112 valence electrons. The normalized spacial score (nSPS) is 24.7. The monoisotopic (exact) mass is 309 g/mol.